The standard InChI is InChI=1S/C29H25ClFN3O4/c30-25-16-20(19-3-7-26(31)24(15-19)29(36)34-9-11-37-12-10-34)13-21-14-23(38-28(21)25)6-5-22(35)4-1-18-2-8-27(32)33-17-18/h1-4,7-8,13-17H,5-6,9-12H2,(H2,32,33)/b4-1+. The number of rotatable bonds is 7. The van der Waals surface area contributed by atoms with Crippen molar-refractivity contribution in [1.82, 2.24) is 9.88 Å². The van der Waals surface area contributed by atoms with Crippen molar-refractivity contribution in [2.75, 3.05) is 32.0 Å². The van der Waals surface area contributed by atoms with Crippen LogP contribution in [0.5, 0.6) is 0 Å². The van der Waals surface area contributed by atoms with E-state index in [4.69, 9.17) is 26.5 Å². The molecule has 2 N–H and O–H groups in total. The van der Waals surface area contributed by atoms with Crippen LogP contribution in [0.25, 0.3) is 28.2 Å². The van der Waals surface area contributed by atoms with Gasteiger partial charge in [-0.15, -0.1) is 0 Å². The van der Waals surface area contributed by atoms with Crippen LogP contribution in [-0.4, -0.2) is 47.9 Å². The number of carbonyl (C=O) groups is 2. The minimum atomic E-state index is -0.575. The van der Waals surface area contributed by atoms with Gasteiger partial charge in [-0.2, -0.15) is 0 Å². The Morgan fingerprint density at radius 3 is 2.66 bits per heavy atom. The van der Waals surface area contributed by atoms with Gasteiger partial charge in [0, 0.05) is 37.5 Å². The highest BCUT2D eigenvalue weighted by Crippen LogP contribution is 2.34. The van der Waals surface area contributed by atoms with Crippen LogP contribution < -0.4 is 5.73 Å². The van der Waals surface area contributed by atoms with Crippen LogP contribution in [0.4, 0.5) is 10.2 Å². The summed E-state index contributed by atoms with van der Waals surface area (Å²) in [6, 6.07) is 13.4. The average Bonchev–Trinajstić information content (AvgIpc) is 3.36. The van der Waals surface area contributed by atoms with Crippen LogP contribution in [0.1, 0.15) is 28.1 Å². The van der Waals surface area contributed by atoms with Crippen molar-refractivity contribution in [2.24, 2.45) is 0 Å². The number of nitrogens with two attached hydrogens (primary N) is 1. The van der Waals surface area contributed by atoms with Gasteiger partial charge < -0.3 is 19.8 Å². The normalized spacial score (nSPS) is 13.9. The predicted octanol–water partition coefficient (Wildman–Crippen LogP) is 5.56. The number of morpholine rings is 1. The highest BCUT2D eigenvalue weighted by molar-refractivity contribution is 6.35. The summed E-state index contributed by atoms with van der Waals surface area (Å²) in [5, 5.41) is 1.14. The maximum atomic E-state index is 14.6. The van der Waals surface area contributed by atoms with E-state index in [0.717, 1.165) is 16.5 Å². The number of fused-ring (bicyclic) bond motifs is 1. The fourth-order valence-corrected chi connectivity index (χ4v) is 4.56. The molecule has 7 nitrogen and oxygen atoms in total. The van der Waals surface area contributed by atoms with E-state index in [-0.39, 0.29) is 23.7 Å². The molecule has 1 saturated heterocycles. The van der Waals surface area contributed by atoms with E-state index in [2.05, 4.69) is 4.98 Å². The first-order valence-electron chi connectivity index (χ1n) is 12.2. The summed E-state index contributed by atoms with van der Waals surface area (Å²) < 4.78 is 25.8. The number of benzene rings is 2. The number of amides is 1. The average molecular weight is 534 g/mol. The first-order valence-corrected chi connectivity index (χ1v) is 12.6. The number of nitrogens with zero attached hydrogens (tertiary/aromatic N) is 2. The molecule has 4 aromatic rings. The summed E-state index contributed by atoms with van der Waals surface area (Å²) in [5.41, 5.74) is 8.26. The Bertz CT molecular complexity index is 1530. The molecule has 0 bridgehead atoms. The third kappa shape index (κ3) is 5.77. The Hall–Kier alpha value is -4.01. The molecule has 1 aliphatic rings. The van der Waals surface area contributed by atoms with Gasteiger partial charge in [0.15, 0.2) is 11.4 Å². The molecule has 0 saturated carbocycles. The molecule has 0 radical (unpaired) electrons. The summed E-state index contributed by atoms with van der Waals surface area (Å²) >= 11 is 6.52. The van der Waals surface area contributed by atoms with E-state index in [1.165, 1.54) is 12.1 Å². The third-order valence-corrected chi connectivity index (χ3v) is 6.62. The number of aromatic nitrogens is 1. The Morgan fingerprint density at radius 2 is 1.89 bits per heavy atom. The van der Waals surface area contributed by atoms with E-state index in [9.17, 15) is 14.0 Å². The van der Waals surface area contributed by atoms with Crippen molar-refractivity contribution in [2.45, 2.75) is 12.8 Å². The fourth-order valence-electron chi connectivity index (χ4n) is 4.29. The molecule has 1 fully saturated rings. The zero-order valence-electron chi connectivity index (χ0n) is 20.5. The number of pyridine rings is 1. The molecule has 0 unspecified atom stereocenters. The van der Waals surface area contributed by atoms with Crippen molar-refractivity contribution in [3.05, 3.63) is 88.5 Å². The molecular formula is C29H25ClFN3O4. The fraction of sp³-hybridized carbons (Fsp3) is 0.207. The SMILES string of the molecule is Nc1ccc(/C=C/C(=O)CCc2cc3cc(-c4ccc(F)c(C(=O)N5CCOCC5)c4)cc(Cl)c3o2)cn1. The van der Waals surface area contributed by atoms with Gasteiger partial charge in [0.2, 0.25) is 0 Å². The Morgan fingerprint density at radius 1 is 1.08 bits per heavy atom. The van der Waals surface area contributed by atoms with Crippen LogP contribution >= 0.6 is 11.6 Å². The summed E-state index contributed by atoms with van der Waals surface area (Å²) in [5.74, 6) is 0.0443. The Kier molecular flexibility index (Phi) is 7.53. The third-order valence-electron chi connectivity index (χ3n) is 6.34. The summed E-state index contributed by atoms with van der Waals surface area (Å²) in [4.78, 5) is 30.8. The number of ketones is 1. The molecule has 0 aliphatic carbocycles. The van der Waals surface area contributed by atoms with E-state index in [1.807, 2.05) is 12.1 Å². The number of hydrogen-bond donors (Lipinski definition) is 1. The summed E-state index contributed by atoms with van der Waals surface area (Å²) in [6.45, 7) is 1.72. The van der Waals surface area contributed by atoms with Gasteiger partial charge >= 0.3 is 0 Å². The molecule has 0 spiro atoms. The monoisotopic (exact) mass is 533 g/mol. The number of nitrogen functional groups attached to an aromatic ring is 1. The molecule has 5 rings (SSSR count). The maximum Gasteiger partial charge on any atom is 0.257 e. The van der Waals surface area contributed by atoms with Gasteiger partial charge in [-0.25, -0.2) is 9.37 Å². The highest BCUT2D eigenvalue weighted by Gasteiger charge is 2.22. The van der Waals surface area contributed by atoms with Crippen LogP contribution in [0.2, 0.25) is 5.02 Å². The molecule has 1 amide bonds. The van der Waals surface area contributed by atoms with Crippen molar-refractivity contribution < 1.29 is 23.1 Å². The molecule has 3 heterocycles. The van der Waals surface area contributed by atoms with Gasteiger partial charge in [-0.3, -0.25) is 9.59 Å². The second-order valence-corrected chi connectivity index (χ2v) is 9.41. The number of allylic oxidation sites excluding steroid dienone is 1. The molecule has 194 valence electrons. The number of ether oxygens (including phenoxy) is 1. The minimum Gasteiger partial charge on any atom is -0.459 e. The second-order valence-electron chi connectivity index (χ2n) is 9.00. The van der Waals surface area contributed by atoms with Crippen LogP contribution in [0.3, 0.4) is 0 Å². The largest absolute Gasteiger partial charge is 0.459 e. The number of aryl methyl sites for hydroxylation is 1. The molecular weight excluding hydrogens is 509 g/mol. The lowest BCUT2D eigenvalue weighted by Gasteiger charge is -2.27. The lowest BCUT2D eigenvalue weighted by atomic mass is 10.0. The molecule has 0 atom stereocenters. The van der Waals surface area contributed by atoms with Crippen LogP contribution in [0.15, 0.2) is 65.2 Å². The number of furan rings is 1. The molecule has 1 aliphatic heterocycles. The lowest BCUT2D eigenvalue weighted by molar-refractivity contribution is -0.114. The van der Waals surface area contributed by atoms with Gasteiger partial charge in [-0.05, 0) is 71.3 Å². The molecule has 9 heteroatoms. The van der Waals surface area contributed by atoms with Crippen molar-refractivity contribution in [3.8, 4) is 11.1 Å². The molecule has 2 aromatic carbocycles. The Balaban J connectivity index is 1.32. The summed E-state index contributed by atoms with van der Waals surface area (Å²) in [7, 11) is 0. The van der Waals surface area contributed by atoms with Gasteiger partial charge in [0.05, 0.1) is 23.8 Å². The van der Waals surface area contributed by atoms with E-state index < -0.39 is 5.82 Å². The van der Waals surface area contributed by atoms with Crippen molar-refractivity contribution in [1.29, 1.82) is 0 Å². The number of hydrogen-bond acceptors (Lipinski definition) is 6. The number of anilines is 1. The first-order chi connectivity index (χ1) is 18.4. The quantitative estimate of drug-likeness (QED) is 0.312. The molecule has 2 aromatic heterocycles. The number of halogens is 2. The van der Waals surface area contributed by atoms with Gasteiger partial charge in [-0.1, -0.05) is 17.7 Å². The van der Waals surface area contributed by atoms with Gasteiger partial charge in [0.25, 0.3) is 5.91 Å². The minimum absolute atomic E-state index is 0.00909. The first kappa shape index (κ1) is 25.6. The van der Waals surface area contributed by atoms with E-state index >= 15 is 0 Å². The molecule has 38 heavy (non-hydrogen) atoms. The predicted molar refractivity (Wildman–Crippen MR) is 144 cm³/mol. The zero-order valence-corrected chi connectivity index (χ0v) is 21.2. The number of carbonyl (C=O) groups excluding carboxylic acids is 2. The summed E-state index contributed by atoms with van der Waals surface area (Å²) in [6.07, 6.45) is 5.45. The van der Waals surface area contributed by atoms with Crippen molar-refractivity contribution in [3.63, 3.8) is 0 Å². The highest BCUT2D eigenvalue weighted by atomic mass is 35.5. The lowest BCUT2D eigenvalue weighted by Crippen LogP contribution is -2.41. The smallest absolute Gasteiger partial charge is 0.257 e. The van der Waals surface area contributed by atoms with E-state index in [0.29, 0.717) is 60.5 Å². The van der Waals surface area contributed by atoms with Crippen molar-refractivity contribution >= 4 is 46.2 Å². The van der Waals surface area contributed by atoms with E-state index in [1.54, 1.807) is 47.5 Å². The second kappa shape index (κ2) is 11.2. The van der Waals surface area contributed by atoms with Gasteiger partial charge in [0.1, 0.15) is 17.4 Å². The topological polar surface area (TPSA) is 98.7 Å². The maximum absolute atomic E-state index is 14.6. The Labute approximate surface area is 223 Å². The van der Waals surface area contributed by atoms with Crippen LogP contribution in [-0.2, 0) is 16.0 Å². The zero-order chi connectivity index (χ0) is 26.6. The van der Waals surface area contributed by atoms with Crippen LogP contribution in [0, 0.1) is 5.82 Å².